The summed E-state index contributed by atoms with van der Waals surface area (Å²) in [4.78, 5) is 19.4. The predicted molar refractivity (Wildman–Crippen MR) is 162 cm³/mol. The Hall–Kier alpha value is -3.69. The Morgan fingerprint density at radius 3 is 2.46 bits per heavy atom. The number of aromatic nitrogens is 2. The third kappa shape index (κ3) is 5.42. The average Bonchev–Trinajstić information content (AvgIpc) is 3.53. The highest BCUT2D eigenvalue weighted by atomic mass is 79.9. The smallest absolute Gasteiger partial charge is 0.229 e. The number of hydrogen-bond donors (Lipinski definition) is 2. The summed E-state index contributed by atoms with van der Waals surface area (Å²) in [7, 11) is 1.60. The van der Waals surface area contributed by atoms with Crippen LogP contribution < -0.4 is 20.3 Å². The molecule has 7 nitrogen and oxygen atoms in total. The highest BCUT2D eigenvalue weighted by Gasteiger charge is 2.42. The summed E-state index contributed by atoms with van der Waals surface area (Å²) in [6, 6.07) is 23.6. The van der Waals surface area contributed by atoms with Gasteiger partial charge in [0.15, 0.2) is 5.11 Å². The third-order valence-electron chi connectivity index (χ3n) is 6.68. The van der Waals surface area contributed by atoms with Crippen molar-refractivity contribution in [3.8, 4) is 11.4 Å². The number of rotatable bonds is 6. The zero-order valence-electron chi connectivity index (χ0n) is 22.2. The van der Waals surface area contributed by atoms with Crippen LogP contribution >= 0.6 is 28.1 Å². The molecular weight excluding hydrogens is 574 g/mol. The van der Waals surface area contributed by atoms with E-state index in [4.69, 9.17) is 17.0 Å². The molecule has 0 bridgehead atoms. The second-order valence-corrected chi connectivity index (χ2v) is 11.7. The molecule has 0 aliphatic carbocycles. The summed E-state index contributed by atoms with van der Waals surface area (Å²) in [6.07, 6.45) is 3.85. The first-order chi connectivity index (χ1) is 18.7. The maximum atomic E-state index is 12.7. The number of ether oxygens (including phenoxy) is 1. The summed E-state index contributed by atoms with van der Waals surface area (Å²) >= 11 is 9.46. The fraction of sp³-hybridized carbons (Fsp3) is 0.233. The number of anilines is 2. The third-order valence-corrected chi connectivity index (χ3v) is 7.52. The monoisotopic (exact) mass is 603 g/mol. The van der Waals surface area contributed by atoms with Crippen molar-refractivity contribution in [3.63, 3.8) is 0 Å². The first-order valence-corrected chi connectivity index (χ1v) is 13.8. The molecule has 0 radical (unpaired) electrons. The van der Waals surface area contributed by atoms with Gasteiger partial charge in [0.1, 0.15) is 11.8 Å². The molecule has 2 aromatic carbocycles. The average molecular weight is 605 g/mol. The molecule has 5 rings (SSSR count). The Kier molecular flexibility index (Phi) is 7.46. The first-order valence-electron chi connectivity index (χ1n) is 12.6. The van der Waals surface area contributed by atoms with Gasteiger partial charge in [-0.2, -0.15) is 0 Å². The molecule has 2 atom stereocenters. The SMILES string of the molecule is COc1cc(N2C(=S)NC(c3ccccn3)C2c2cccn2-c2ccc(Br)cc2)ccc1NC(=O)C(C)(C)C. The van der Waals surface area contributed by atoms with E-state index in [0.717, 1.165) is 27.2 Å². The number of hydrogen-bond acceptors (Lipinski definition) is 4. The Morgan fingerprint density at radius 1 is 1.05 bits per heavy atom. The maximum Gasteiger partial charge on any atom is 0.229 e. The minimum atomic E-state index is -0.538. The van der Waals surface area contributed by atoms with Crippen molar-refractivity contribution in [1.29, 1.82) is 0 Å². The molecule has 39 heavy (non-hydrogen) atoms. The summed E-state index contributed by atoms with van der Waals surface area (Å²) < 4.78 is 8.90. The van der Waals surface area contributed by atoms with Crippen LogP contribution in [0.15, 0.2) is 89.7 Å². The molecule has 1 saturated heterocycles. The molecule has 2 unspecified atom stereocenters. The van der Waals surface area contributed by atoms with E-state index in [1.54, 1.807) is 13.3 Å². The molecule has 2 N–H and O–H groups in total. The second-order valence-electron chi connectivity index (χ2n) is 10.4. The highest BCUT2D eigenvalue weighted by Crippen LogP contribution is 2.44. The van der Waals surface area contributed by atoms with Crippen molar-refractivity contribution in [2.75, 3.05) is 17.3 Å². The van der Waals surface area contributed by atoms with Crippen LogP contribution in [0.5, 0.6) is 5.75 Å². The maximum absolute atomic E-state index is 12.7. The molecule has 4 aromatic rings. The largest absolute Gasteiger partial charge is 0.494 e. The number of carbonyl (C=O) groups is 1. The van der Waals surface area contributed by atoms with Crippen molar-refractivity contribution in [2.45, 2.75) is 32.9 Å². The van der Waals surface area contributed by atoms with Crippen LogP contribution in [0.4, 0.5) is 11.4 Å². The fourth-order valence-electron chi connectivity index (χ4n) is 4.65. The van der Waals surface area contributed by atoms with Gasteiger partial charge in [-0.05, 0) is 72.9 Å². The van der Waals surface area contributed by atoms with Crippen molar-refractivity contribution in [1.82, 2.24) is 14.9 Å². The zero-order valence-corrected chi connectivity index (χ0v) is 24.6. The molecule has 0 spiro atoms. The van der Waals surface area contributed by atoms with Crippen LogP contribution in [-0.2, 0) is 4.79 Å². The molecular formula is C30H30BrN5O2S. The van der Waals surface area contributed by atoms with E-state index in [1.807, 2.05) is 75.4 Å². The van der Waals surface area contributed by atoms with Crippen LogP contribution in [0.3, 0.4) is 0 Å². The number of methoxy groups -OCH3 is 1. The minimum absolute atomic E-state index is 0.0904. The number of halogens is 1. The number of nitrogens with one attached hydrogen (secondary N) is 2. The van der Waals surface area contributed by atoms with E-state index in [9.17, 15) is 4.79 Å². The van der Waals surface area contributed by atoms with Crippen molar-refractivity contribution in [2.24, 2.45) is 5.41 Å². The lowest BCUT2D eigenvalue weighted by Gasteiger charge is -2.29. The Balaban J connectivity index is 1.60. The van der Waals surface area contributed by atoms with Crippen LogP contribution in [-0.4, -0.2) is 27.7 Å². The van der Waals surface area contributed by atoms with Gasteiger partial charge in [0.25, 0.3) is 0 Å². The lowest BCUT2D eigenvalue weighted by Crippen LogP contribution is -2.30. The molecule has 1 amide bonds. The minimum Gasteiger partial charge on any atom is -0.494 e. The van der Waals surface area contributed by atoms with Gasteiger partial charge in [-0.25, -0.2) is 0 Å². The van der Waals surface area contributed by atoms with Gasteiger partial charge in [0.2, 0.25) is 5.91 Å². The normalized spacial score (nSPS) is 17.2. The molecule has 3 heterocycles. The van der Waals surface area contributed by atoms with Gasteiger partial charge in [-0.3, -0.25) is 9.78 Å². The molecule has 200 valence electrons. The quantitative estimate of drug-likeness (QED) is 0.236. The van der Waals surface area contributed by atoms with E-state index in [1.165, 1.54) is 0 Å². The van der Waals surface area contributed by atoms with Crippen LogP contribution in [0.25, 0.3) is 5.69 Å². The lowest BCUT2D eigenvalue weighted by molar-refractivity contribution is -0.123. The molecule has 2 aromatic heterocycles. The first kappa shape index (κ1) is 26.9. The zero-order chi connectivity index (χ0) is 27.7. The van der Waals surface area contributed by atoms with Gasteiger partial charge in [0.05, 0.1) is 24.5 Å². The van der Waals surface area contributed by atoms with Crippen LogP contribution in [0, 0.1) is 5.41 Å². The van der Waals surface area contributed by atoms with Crippen LogP contribution in [0.2, 0.25) is 0 Å². The number of nitrogens with zero attached hydrogens (tertiary/aromatic N) is 3. The van der Waals surface area contributed by atoms with Crippen molar-refractivity contribution in [3.05, 3.63) is 101 Å². The van der Waals surface area contributed by atoms with E-state index < -0.39 is 5.41 Å². The van der Waals surface area contributed by atoms with Gasteiger partial charge in [0, 0.05) is 45.4 Å². The summed E-state index contributed by atoms with van der Waals surface area (Å²) in [5, 5.41) is 7.08. The standard InChI is InChI=1S/C30H30BrN5O2S/c1-30(2,3)28(37)33-22-15-14-21(18-25(22)38-4)36-27(26(34-29(36)39)23-8-5-6-16-32-23)24-9-7-17-35(24)20-12-10-19(31)11-13-20/h5-18,26-27H,1-4H3,(H,33,37)(H,34,39). The van der Waals surface area contributed by atoms with Gasteiger partial charge in [-0.1, -0.05) is 42.8 Å². The Morgan fingerprint density at radius 2 is 1.79 bits per heavy atom. The van der Waals surface area contributed by atoms with Crippen molar-refractivity contribution >= 4 is 50.5 Å². The number of thiocarbonyl (C=S) groups is 1. The second kappa shape index (κ2) is 10.8. The number of amides is 1. The molecule has 1 fully saturated rings. The lowest BCUT2D eigenvalue weighted by atomic mass is 9.95. The number of carbonyl (C=O) groups excluding carboxylic acids is 1. The summed E-state index contributed by atoms with van der Waals surface area (Å²) in [5.41, 5.74) is 3.87. The number of benzene rings is 2. The van der Waals surface area contributed by atoms with Gasteiger partial charge >= 0.3 is 0 Å². The summed E-state index contributed by atoms with van der Waals surface area (Å²) in [6.45, 7) is 5.63. The molecule has 9 heteroatoms. The highest BCUT2D eigenvalue weighted by molar-refractivity contribution is 9.10. The van der Waals surface area contributed by atoms with E-state index in [-0.39, 0.29) is 18.0 Å². The fourth-order valence-corrected chi connectivity index (χ4v) is 5.26. The van der Waals surface area contributed by atoms with E-state index in [2.05, 4.69) is 65.4 Å². The van der Waals surface area contributed by atoms with E-state index >= 15 is 0 Å². The van der Waals surface area contributed by atoms with Crippen molar-refractivity contribution < 1.29 is 9.53 Å². The van der Waals surface area contributed by atoms with Gasteiger partial charge in [-0.15, -0.1) is 0 Å². The Labute approximate surface area is 242 Å². The molecule has 1 aliphatic heterocycles. The van der Waals surface area contributed by atoms with E-state index in [0.29, 0.717) is 16.5 Å². The molecule has 0 saturated carbocycles. The topological polar surface area (TPSA) is 71.4 Å². The predicted octanol–water partition coefficient (Wildman–Crippen LogP) is 6.81. The summed E-state index contributed by atoms with van der Waals surface area (Å²) in [5.74, 6) is 0.462. The van der Waals surface area contributed by atoms with Crippen LogP contribution in [0.1, 0.15) is 44.2 Å². The molecule has 1 aliphatic rings. The Bertz CT molecular complexity index is 1500. The number of pyridine rings is 1. The van der Waals surface area contributed by atoms with Gasteiger partial charge < -0.3 is 24.8 Å².